The Morgan fingerprint density at radius 3 is 2.41 bits per heavy atom. The highest BCUT2D eigenvalue weighted by Crippen LogP contribution is 2.25. The number of carbonyl (C=O) groups excluding carboxylic acids is 1. The number of fused-ring (bicyclic) bond motifs is 1. The van der Waals surface area contributed by atoms with E-state index in [2.05, 4.69) is 24.1 Å². The minimum absolute atomic E-state index is 0.00293. The van der Waals surface area contributed by atoms with Crippen LogP contribution < -0.4 is 10.9 Å². The normalized spacial score (nSPS) is 15.4. The molecule has 180 valence electrons. The average molecular weight is 462 g/mol. The molecule has 1 fully saturated rings. The van der Waals surface area contributed by atoms with Gasteiger partial charge in [-0.15, -0.1) is 0 Å². The molecule has 4 rings (SSSR count). The number of urea groups is 1. The number of piperazine rings is 1. The number of para-hydroxylation sites is 1. The van der Waals surface area contributed by atoms with E-state index in [1.165, 1.54) is 0 Å². The molecular weight excluding hydrogens is 426 g/mol. The average Bonchev–Trinajstić information content (AvgIpc) is 2.88. The van der Waals surface area contributed by atoms with Gasteiger partial charge in [0.05, 0.1) is 23.5 Å². The van der Waals surface area contributed by atoms with Gasteiger partial charge in [0.2, 0.25) is 0 Å². The zero-order valence-electron chi connectivity index (χ0n) is 20.2. The molecule has 0 aliphatic carbocycles. The van der Waals surface area contributed by atoms with Crippen molar-refractivity contribution >= 4 is 16.9 Å². The first-order chi connectivity index (χ1) is 16.6. The molecule has 0 radical (unpaired) electrons. The SMILES string of the molecule is CCCCNC(=O)N1CCN(C(CC)c2nc3ccccc3c(=O)n2Cc2ccccc2)CC1. The highest BCUT2D eigenvalue weighted by atomic mass is 16.2. The van der Waals surface area contributed by atoms with Crippen molar-refractivity contribution in [2.45, 2.75) is 45.7 Å². The lowest BCUT2D eigenvalue weighted by Crippen LogP contribution is -2.53. The zero-order chi connectivity index (χ0) is 23.9. The van der Waals surface area contributed by atoms with Crippen molar-refractivity contribution in [2.75, 3.05) is 32.7 Å². The van der Waals surface area contributed by atoms with Gasteiger partial charge < -0.3 is 10.2 Å². The van der Waals surface area contributed by atoms with E-state index in [4.69, 9.17) is 4.98 Å². The summed E-state index contributed by atoms with van der Waals surface area (Å²) >= 11 is 0. The van der Waals surface area contributed by atoms with Crippen molar-refractivity contribution < 1.29 is 4.79 Å². The van der Waals surface area contributed by atoms with Gasteiger partial charge in [-0.3, -0.25) is 14.3 Å². The number of amides is 2. The number of nitrogens with zero attached hydrogens (tertiary/aromatic N) is 4. The highest BCUT2D eigenvalue weighted by molar-refractivity contribution is 5.77. The molecule has 1 unspecified atom stereocenters. The van der Waals surface area contributed by atoms with Gasteiger partial charge in [0, 0.05) is 32.7 Å². The third-order valence-corrected chi connectivity index (χ3v) is 6.61. The van der Waals surface area contributed by atoms with E-state index in [-0.39, 0.29) is 17.6 Å². The van der Waals surface area contributed by atoms with Crippen LogP contribution in [0.15, 0.2) is 59.4 Å². The third kappa shape index (κ3) is 5.30. The van der Waals surface area contributed by atoms with Gasteiger partial charge in [-0.1, -0.05) is 62.7 Å². The molecular formula is C27H35N5O2. The molecule has 1 saturated heterocycles. The lowest BCUT2D eigenvalue weighted by Gasteiger charge is -2.39. The molecule has 34 heavy (non-hydrogen) atoms. The first-order valence-corrected chi connectivity index (χ1v) is 12.4. The van der Waals surface area contributed by atoms with Crippen molar-refractivity contribution in [2.24, 2.45) is 0 Å². The number of benzene rings is 2. The van der Waals surface area contributed by atoms with Crippen LogP contribution in [0.3, 0.4) is 0 Å². The molecule has 7 nitrogen and oxygen atoms in total. The number of rotatable bonds is 8. The number of carbonyl (C=O) groups is 1. The Labute approximate surface area is 201 Å². The lowest BCUT2D eigenvalue weighted by atomic mass is 10.1. The van der Waals surface area contributed by atoms with E-state index < -0.39 is 0 Å². The summed E-state index contributed by atoms with van der Waals surface area (Å²) in [5, 5.41) is 3.66. The first kappa shape index (κ1) is 24.0. The molecule has 2 amide bonds. The quantitative estimate of drug-likeness (QED) is 0.515. The Bertz CT molecular complexity index is 1150. The topological polar surface area (TPSA) is 70.5 Å². The summed E-state index contributed by atoms with van der Waals surface area (Å²) in [7, 11) is 0. The molecule has 7 heteroatoms. The van der Waals surface area contributed by atoms with Crippen LogP contribution in [0.4, 0.5) is 4.79 Å². The molecule has 3 aromatic rings. The van der Waals surface area contributed by atoms with E-state index in [1.807, 2.05) is 64.1 Å². The minimum atomic E-state index is -0.00293. The van der Waals surface area contributed by atoms with Crippen molar-refractivity contribution in [3.05, 3.63) is 76.3 Å². The zero-order valence-corrected chi connectivity index (χ0v) is 20.2. The van der Waals surface area contributed by atoms with Crippen LogP contribution in [0.5, 0.6) is 0 Å². The molecule has 1 aromatic heterocycles. The first-order valence-electron chi connectivity index (χ1n) is 12.4. The third-order valence-electron chi connectivity index (χ3n) is 6.61. The molecule has 0 bridgehead atoms. The molecule has 1 aliphatic heterocycles. The van der Waals surface area contributed by atoms with E-state index in [0.717, 1.165) is 55.8 Å². The van der Waals surface area contributed by atoms with Crippen LogP contribution >= 0.6 is 0 Å². The second kappa shape index (κ2) is 11.3. The summed E-state index contributed by atoms with van der Waals surface area (Å²) in [5.74, 6) is 0.802. The van der Waals surface area contributed by atoms with Gasteiger partial charge >= 0.3 is 6.03 Å². The maximum Gasteiger partial charge on any atom is 0.317 e. The Hall–Kier alpha value is -3.19. The molecule has 2 aromatic carbocycles. The van der Waals surface area contributed by atoms with Crippen molar-refractivity contribution in [1.29, 1.82) is 0 Å². The molecule has 1 atom stereocenters. The Balaban J connectivity index is 1.60. The van der Waals surface area contributed by atoms with Gasteiger partial charge in [-0.05, 0) is 30.5 Å². The van der Waals surface area contributed by atoms with Crippen molar-refractivity contribution in [3.63, 3.8) is 0 Å². The maximum absolute atomic E-state index is 13.6. The standard InChI is InChI=1S/C27H35N5O2/c1-3-5-15-28-27(34)31-18-16-30(17-19-31)24(4-2)25-29-23-14-10-9-13-22(23)26(33)32(25)20-21-11-7-6-8-12-21/h6-14,24H,3-5,15-20H2,1-2H3,(H,28,34). The van der Waals surface area contributed by atoms with E-state index in [9.17, 15) is 9.59 Å². The Morgan fingerprint density at radius 1 is 1.00 bits per heavy atom. The number of unbranched alkanes of at least 4 members (excludes halogenated alkanes) is 1. The predicted molar refractivity (Wildman–Crippen MR) is 136 cm³/mol. The largest absolute Gasteiger partial charge is 0.338 e. The fraction of sp³-hybridized carbons (Fsp3) is 0.444. The number of nitrogens with one attached hydrogen (secondary N) is 1. The van der Waals surface area contributed by atoms with Crippen LogP contribution in [-0.4, -0.2) is 58.1 Å². The summed E-state index contributed by atoms with van der Waals surface area (Å²) in [6.45, 7) is 8.33. The number of hydrogen-bond acceptors (Lipinski definition) is 4. The maximum atomic E-state index is 13.6. The molecule has 1 N–H and O–H groups in total. The smallest absolute Gasteiger partial charge is 0.317 e. The second-order valence-corrected chi connectivity index (χ2v) is 8.90. The molecule has 0 saturated carbocycles. The molecule has 2 heterocycles. The molecule has 1 aliphatic rings. The summed E-state index contributed by atoms with van der Waals surface area (Å²) in [4.78, 5) is 35.3. The number of aromatic nitrogens is 2. The molecule has 0 spiro atoms. The predicted octanol–water partition coefficient (Wildman–Crippen LogP) is 4.02. The number of hydrogen-bond donors (Lipinski definition) is 1. The van der Waals surface area contributed by atoms with Crippen LogP contribution in [0.25, 0.3) is 10.9 Å². The van der Waals surface area contributed by atoms with Gasteiger partial charge in [0.1, 0.15) is 5.82 Å². The Kier molecular flexibility index (Phi) is 7.95. The van der Waals surface area contributed by atoms with Gasteiger partial charge in [0.15, 0.2) is 0 Å². The summed E-state index contributed by atoms with van der Waals surface area (Å²) in [5.41, 5.74) is 1.81. The monoisotopic (exact) mass is 461 g/mol. The van der Waals surface area contributed by atoms with E-state index in [1.54, 1.807) is 0 Å². The summed E-state index contributed by atoms with van der Waals surface area (Å²) < 4.78 is 1.84. The van der Waals surface area contributed by atoms with Gasteiger partial charge in [0.25, 0.3) is 5.56 Å². The van der Waals surface area contributed by atoms with E-state index >= 15 is 0 Å². The van der Waals surface area contributed by atoms with Gasteiger partial charge in [-0.2, -0.15) is 0 Å². The Morgan fingerprint density at radius 2 is 1.71 bits per heavy atom. The van der Waals surface area contributed by atoms with Crippen LogP contribution in [-0.2, 0) is 6.54 Å². The lowest BCUT2D eigenvalue weighted by molar-refractivity contribution is 0.100. The highest BCUT2D eigenvalue weighted by Gasteiger charge is 2.29. The van der Waals surface area contributed by atoms with Crippen LogP contribution in [0.2, 0.25) is 0 Å². The fourth-order valence-electron chi connectivity index (χ4n) is 4.68. The van der Waals surface area contributed by atoms with Crippen LogP contribution in [0.1, 0.15) is 50.5 Å². The second-order valence-electron chi connectivity index (χ2n) is 8.90. The van der Waals surface area contributed by atoms with Crippen LogP contribution in [0, 0.1) is 0 Å². The minimum Gasteiger partial charge on any atom is -0.338 e. The fourth-order valence-corrected chi connectivity index (χ4v) is 4.68. The van der Waals surface area contributed by atoms with Crippen molar-refractivity contribution in [3.8, 4) is 0 Å². The van der Waals surface area contributed by atoms with Gasteiger partial charge in [-0.25, -0.2) is 9.78 Å². The van der Waals surface area contributed by atoms with Crippen molar-refractivity contribution in [1.82, 2.24) is 24.7 Å². The van der Waals surface area contributed by atoms with E-state index in [0.29, 0.717) is 25.0 Å². The summed E-state index contributed by atoms with van der Waals surface area (Å²) in [6, 6.07) is 17.7. The summed E-state index contributed by atoms with van der Waals surface area (Å²) in [6.07, 6.45) is 2.90.